The summed E-state index contributed by atoms with van der Waals surface area (Å²) >= 11 is 0. The van der Waals surface area contributed by atoms with Crippen molar-refractivity contribution in [3.8, 4) is 5.75 Å². The molecular weight excluding hydrogens is 296 g/mol. The number of ether oxygens (including phenoxy) is 1. The van der Waals surface area contributed by atoms with Crippen LogP contribution in [-0.4, -0.2) is 20.8 Å². The molecule has 0 spiro atoms. The van der Waals surface area contributed by atoms with Crippen LogP contribution < -0.4 is 4.74 Å². The van der Waals surface area contributed by atoms with E-state index in [1.165, 1.54) is 5.56 Å². The maximum atomic E-state index is 11.2. The van der Waals surface area contributed by atoms with Crippen molar-refractivity contribution in [3.63, 3.8) is 0 Å². The molecule has 1 atom stereocenters. The first-order chi connectivity index (χ1) is 9.10. The van der Waals surface area contributed by atoms with E-state index in [0.717, 1.165) is 16.9 Å². The fourth-order valence-corrected chi connectivity index (χ4v) is 3.75. The topological polar surface area (TPSA) is 43.4 Å². The summed E-state index contributed by atoms with van der Waals surface area (Å²) in [5, 5.41) is 0. The Morgan fingerprint density at radius 3 is 2.05 bits per heavy atom. The van der Waals surface area contributed by atoms with Gasteiger partial charge in [-0.05, 0) is 37.8 Å². The summed E-state index contributed by atoms with van der Waals surface area (Å²) in [6.45, 7) is 10.3. The fraction of sp³-hybridized carbons (Fsp3) is 0.600. The summed E-state index contributed by atoms with van der Waals surface area (Å²) in [7, 11) is 1.85. The third-order valence-electron chi connectivity index (χ3n) is 3.40. The Balaban J connectivity index is 2.83. The first-order valence-electron chi connectivity index (χ1n) is 6.73. The van der Waals surface area contributed by atoms with Crippen molar-refractivity contribution in [2.45, 2.75) is 34.6 Å². The molecule has 0 saturated carbocycles. The summed E-state index contributed by atoms with van der Waals surface area (Å²) in [6.07, 6.45) is 0. The van der Waals surface area contributed by atoms with E-state index in [4.69, 9.17) is 15.4 Å². The number of hydrogen-bond acceptors (Lipinski definition) is 3. The van der Waals surface area contributed by atoms with Crippen LogP contribution >= 0.6 is 10.7 Å². The van der Waals surface area contributed by atoms with E-state index in [1.54, 1.807) is 0 Å². The zero-order valence-corrected chi connectivity index (χ0v) is 14.3. The van der Waals surface area contributed by atoms with Gasteiger partial charge in [-0.25, -0.2) is 8.42 Å². The quantitative estimate of drug-likeness (QED) is 0.749. The summed E-state index contributed by atoms with van der Waals surface area (Å²) in [4.78, 5) is 0. The average molecular weight is 319 g/mol. The summed E-state index contributed by atoms with van der Waals surface area (Å²) in [5.41, 5.74) is 3.33. The SMILES string of the molecule is Cc1cc(C)c(OCC(CS(=O)(=O)Cl)C(C)C)c(C)c1. The average Bonchev–Trinajstić information content (AvgIpc) is 2.23. The normalized spacial score (nSPS) is 13.6. The second-order valence-corrected chi connectivity index (χ2v) is 8.57. The Morgan fingerprint density at radius 1 is 1.15 bits per heavy atom. The van der Waals surface area contributed by atoms with Crippen molar-refractivity contribution in [2.75, 3.05) is 12.4 Å². The van der Waals surface area contributed by atoms with Crippen molar-refractivity contribution in [1.29, 1.82) is 0 Å². The molecular formula is C15H23ClO3S. The lowest BCUT2D eigenvalue weighted by molar-refractivity contribution is 0.223. The molecule has 0 aliphatic rings. The van der Waals surface area contributed by atoms with Crippen LogP contribution in [0.2, 0.25) is 0 Å². The smallest absolute Gasteiger partial charge is 0.233 e. The van der Waals surface area contributed by atoms with E-state index in [2.05, 4.69) is 12.1 Å². The monoisotopic (exact) mass is 318 g/mol. The zero-order valence-electron chi connectivity index (χ0n) is 12.7. The van der Waals surface area contributed by atoms with Crippen LogP contribution in [0.4, 0.5) is 0 Å². The lowest BCUT2D eigenvalue weighted by Gasteiger charge is -2.21. The van der Waals surface area contributed by atoms with E-state index in [0.29, 0.717) is 6.61 Å². The maximum Gasteiger partial charge on any atom is 0.233 e. The van der Waals surface area contributed by atoms with Gasteiger partial charge in [-0.15, -0.1) is 0 Å². The minimum Gasteiger partial charge on any atom is -0.493 e. The molecule has 0 radical (unpaired) electrons. The van der Waals surface area contributed by atoms with Crippen LogP contribution in [0.15, 0.2) is 12.1 Å². The molecule has 1 aromatic carbocycles. The van der Waals surface area contributed by atoms with E-state index < -0.39 is 9.05 Å². The molecule has 3 nitrogen and oxygen atoms in total. The minimum atomic E-state index is -3.51. The van der Waals surface area contributed by atoms with Gasteiger partial charge in [-0.2, -0.15) is 0 Å². The molecule has 0 saturated heterocycles. The molecule has 114 valence electrons. The highest BCUT2D eigenvalue weighted by Gasteiger charge is 2.21. The number of rotatable bonds is 6. The predicted molar refractivity (Wildman–Crippen MR) is 84.1 cm³/mol. The summed E-state index contributed by atoms with van der Waals surface area (Å²) < 4.78 is 28.4. The van der Waals surface area contributed by atoms with Gasteiger partial charge in [0.2, 0.25) is 9.05 Å². The molecule has 1 rings (SSSR count). The second-order valence-electron chi connectivity index (χ2n) is 5.75. The molecule has 0 aliphatic carbocycles. The molecule has 5 heteroatoms. The van der Waals surface area contributed by atoms with E-state index in [1.807, 2.05) is 34.6 Å². The predicted octanol–water partition coefficient (Wildman–Crippen LogP) is 3.83. The van der Waals surface area contributed by atoms with Crippen molar-refractivity contribution >= 4 is 19.7 Å². The summed E-state index contributed by atoms with van der Waals surface area (Å²) in [6, 6.07) is 4.12. The van der Waals surface area contributed by atoms with Crippen LogP contribution in [0, 0.1) is 32.6 Å². The lowest BCUT2D eigenvalue weighted by atomic mass is 9.99. The molecule has 0 heterocycles. The molecule has 0 fully saturated rings. The van der Waals surface area contributed by atoms with Crippen molar-refractivity contribution in [2.24, 2.45) is 11.8 Å². The van der Waals surface area contributed by atoms with Gasteiger partial charge in [0.1, 0.15) is 5.75 Å². The fourth-order valence-electron chi connectivity index (χ4n) is 2.27. The highest BCUT2D eigenvalue weighted by atomic mass is 35.7. The minimum absolute atomic E-state index is 0.0593. The van der Waals surface area contributed by atoms with Gasteiger partial charge >= 0.3 is 0 Å². The Morgan fingerprint density at radius 2 is 1.65 bits per heavy atom. The molecule has 0 bridgehead atoms. The Bertz CT molecular complexity index is 541. The first kappa shape index (κ1) is 17.3. The van der Waals surface area contributed by atoms with Gasteiger partial charge in [0, 0.05) is 16.6 Å². The number of halogens is 1. The lowest BCUT2D eigenvalue weighted by Crippen LogP contribution is -2.25. The van der Waals surface area contributed by atoms with Gasteiger partial charge < -0.3 is 4.74 Å². The summed E-state index contributed by atoms with van der Waals surface area (Å²) in [5.74, 6) is 0.858. The van der Waals surface area contributed by atoms with Gasteiger partial charge in [-0.3, -0.25) is 0 Å². The van der Waals surface area contributed by atoms with E-state index >= 15 is 0 Å². The molecule has 0 aromatic heterocycles. The molecule has 1 aromatic rings. The molecule has 0 amide bonds. The number of aryl methyl sites for hydroxylation is 3. The van der Waals surface area contributed by atoms with Crippen LogP contribution in [0.3, 0.4) is 0 Å². The Hall–Kier alpha value is -0.740. The Kier molecular flexibility index (Phi) is 5.90. The highest BCUT2D eigenvalue weighted by Crippen LogP contribution is 2.26. The Labute approximate surface area is 126 Å². The molecule has 0 aliphatic heterocycles. The number of benzene rings is 1. The molecule has 1 unspecified atom stereocenters. The third-order valence-corrected chi connectivity index (χ3v) is 4.61. The van der Waals surface area contributed by atoms with Gasteiger partial charge in [0.15, 0.2) is 0 Å². The van der Waals surface area contributed by atoms with Crippen LogP contribution in [0.25, 0.3) is 0 Å². The van der Waals surface area contributed by atoms with E-state index in [-0.39, 0.29) is 17.6 Å². The largest absolute Gasteiger partial charge is 0.493 e. The van der Waals surface area contributed by atoms with Crippen molar-refractivity contribution < 1.29 is 13.2 Å². The van der Waals surface area contributed by atoms with Crippen LogP contribution in [0.5, 0.6) is 5.75 Å². The first-order valence-corrected chi connectivity index (χ1v) is 9.21. The molecule has 20 heavy (non-hydrogen) atoms. The van der Waals surface area contributed by atoms with Crippen molar-refractivity contribution in [3.05, 3.63) is 28.8 Å². The number of hydrogen-bond donors (Lipinski definition) is 0. The van der Waals surface area contributed by atoms with Gasteiger partial charge in [0.25, 0.3) is 0 Å². The van der Waals surface area contributed by atoms with Crippen LogP contribution in [-0.2, 0) is 9.05 Å². The van der Waals surface area contributed by atoms with Crippen LogP contribution in [0.1, 0.15) is 30.5 Å². The third kappa shape index (κ3) is 5.33. The van der Waals surface area contributed by atoms with E-state index in [9.17, 15) is 8.42 Å². The highest BCUT2D eigenvalue weighted by molar-refractivity contribution is 8.13. The van der Waals surface area contributed by atoms with Crippen molar-refractivity contribution in [1.82, 2.24) is 0 Å². The van der Waals surface area contributed by atoms with Gasteiger partial charge in [0.05, 0.1) is 12.4 Å². The van der Waals surface area contributed by atoms with Gasteiger partial charge in [-0.1, -0.05) is 31.5 Å². The second kappa shape index (κ2) is 6.81. The zero-order chi connectivity index (χ0) is 15.5. The maximum absolute atomic E-state index is 11.2. The standard InChI is InChI=1S/C15H23ClO3S/c1-10(2)14(9-20(16,17)18)8-19-15-12(4)6-11(3)7-13(15)5/h6-7,10,14H,8-9H2,1-5H3. The molecule has 0 N–H and O–H groups in total.